The molecule has 2 aromatic rings. The highest BCUT2D eigenvalue weighted by Crippen LogP contribution is 2.22. The highest BCUT2D eigenvalue weighted by Gasteiger charge is 2.12. The second kappa shape index (κ2) is 7.15. The van der Waals surface area contributed by atoms with Crippen LogP contribution >= 0.6 is 22.9 Å². The summed E-state index contributed by atoms with van der Waals surface area (Å²) in [6.45, 7) is 5.61. The lowest BCUT2D eigenvalue weighted by Gasteiger charge is -2.21. The molecule has 0 aliphatic carbocycles. The number of hydrogen-bond donors (Lipinski definition) is 1. The number of nitrogens with zero attached hydrogens (tertiary/aromatic N) is 4. The fourth-order valence-electron chi connectivity index (χ4n) is 2.37. The molecule has 0 aliphatic heterocycles. The van der Waals surface area contributed by atoms with E-state index in [4.69, 9.17) is 11.6 Å². The lowest BCUT2D eigenvalue weighted by atomic mass is 10.2. The summed E-state index contributed by atoms with van der Waals surface area (Å²) in [6.07, 6.45) is 0. The minimum Gasteiger partial charge on any atom is -0.352 e. The predicted molar refractivity (Wildman–Crippen MR) is 93.7 cm³/mol. The number of rotatable bonds is 4. The smallest absolute Gasteiger partial charge is 0.193 e. The molecule has 0 saturated carbocycles. The molecule has 120 valence electrons. The van der Waals surface area contributed by atoms with Gasteiger partial charge in [-0.1, -0.05) is 11.6 Å². The number of aromatic nitrogens is 2. The van der Waals surface area contributed by atoms with Crippen molar-refractivity contribution in [3.8, 4) is 0 Å². The van der Waals surface area contributed by atoms with Gasteiger partial charge in [0.05, 0.1) is 16.6 Å². The number of aliphatic imine (C=N–C) groups is 1. The molecule has 2 heterocycles. The molecule has 0 atom stereocenters. The molecule has 5 nitrogen and oxygen atoms in total. The van der Waals surface area contributed by atoms with Crippen LogP contribution in [0, 0.1) is 13.8 Å². The van der Waals surface area contributed by atoms with Gasteiger partial charge in [-0.05, 0) is 26.0 Å². The number of thiophene rings is 1. The number of nitrogens with one attached hydrogen (secondary N) is 1. The van der Waals surface area contributed by atoms with E-state index in [0.717, 1.165) is 22.5 Å². The van der Waals surface area contributed by atoms with Gasteiger partial charge in [0, 0.05) is 43.8 Å². The molecule has 0 spiro atoms. The Morgan fingerprint density at radius 1 is 1.45 bits per heavy atom. The van der Waals surface area contributed by atoms with Crippen molar-refractivity contribution in [2.45, 2.75) is 26.9 Å². The third-order valence-electron chi connectivity index (χ3n) is 3.68. The van der Waals surface area contributed by atoms with Crippen molar-refractivity contribution in [1.82, 2.24) is 20.0 Å². The molecule has 1 N–H and O–H groups in total. The summed E-state index contributed by atoms with van der Waals surface area (Å²) in [4.78, 5) is 7.65. The van der Waals surface area contributed by atoms with Gasteiger partial charge in [-0.3, -0.25) is 9.67 Å². The number of hydrogen-bond acceptors (Lipinski definition) is 3. The van der Waals surface area contributed by atoms with E-state index in [-0.39, 0.29) is 0 Å². The van der Waals surface area contributed by atoms with Gasteiger partial charge in [-0.25, -0.2) is 0 Å². The van der Waals surface area contributed by atoms with Crippen molar-refractivity contribution in [3.63, 3.8) is 0 Å². The molecule has 0 aliphatic rings. The van der Waals surface area contributed by atoms with Crippen molar-refractivity contribution in [2.75, 3.05) is 14.1 Å². The van der Waals surface area contributed by atoms with Gasteiger partial charge >= 0.3 is 0 Å². The van der Waals surface area contributed by atoms with Crippen molar-refractivity contribution < 1.29 is 0 Å². The van der Waals surface area contributed by atoms with Gasteiger partial charge in [0.1, 0.15) is 0 Å². The maximum atomic E-state index is 5.98. The average molecular weight is 340 g/mol. The second-order valence-electron chi connectivity index (χ2n) is 5.24. The summed E-state index contributed by atoms with van der Waals surface area (Å²) in [5.74, 6) is 0.854. The summed E-state index contributed by atoms with van der Waals surface area (Å²) in [5.41, 5.74) is 3.44. The zero-order valence-corrected chi connectivity index (χ0v) is 15.2. The standard InChI is InChI=1S/C15H22ClN5S/c1-10-13(11(2)21(5)19-10)8-18-15(17-3)20(4)9-12-6-7-14(16)22-12/h6-7H,8-9H2,1-5H3,(H,17,18). The Morgan fingerprint density at radius 2 is 2.18 bits per heavy atom. The molecule has 0 fully saturated rings. The summed E-state index contributed by atoms with van der Waals surface area (Å²) in [5, 5.41) is 7.84. The van der Waals surface area contributed by atoms with E-state index in [1.54, 1.807) is 18.4 Å². The molecule has 22 heavy (non-hydrogen) atoms. The molecule has 0 saturated heterocycles. The molecular weight excluding hydrogens is 318 g/mol. The molecule has 0 aromatic carbocycles. The van der Waals surface area contributed by atoms with Crippen molar-refractivity contribution in [1.29, 1.82) is 0 Å². The van der Waals surface area contributed by atoms with Crippen LogP contribution in [0.4, 0.5) is 0 Å². The zero-order valence-electron chi connectivity index (χ0n) is 13.6. The largest absolute Gasteiger partial charge is 0.352 e. The third kappa shape index (κ3) is 3.81. The third-order valence-corrected chi connectivity index (χ3v) is 4.89. The number of halogens is 1. The molecule has 0 bridgehead atoms. The maximum absolute atomic E-state index is 5.98. The van der Waals surface area contributed by atoms with E-state index < -0.39 is 0 Å². The lowest BCUT2D eigenvalue weighted by Crippen LogP contribution is -2.38. The van der Waals surface area contributed by atoms with Crippen molar-refractivity contribution >= 4 is 28.9 Å². The summed E-state index contributed by atoms with van der Waals surface area (Å²) in [6, 6.07) is 3.97. The van der Waals surface area contributed by atoms with E-state index in [2.05, 4.69) is 27.2 Å². The highest BCUT2D eigenvalue weighted by molar-refractivity contribution is 7.16. The zero-order chi connectivity index (χ0) is 16.3. The minimum atomic E-state index is 0.716. The Kier molecular flexibility index (Phi) is 5.47. The van der Waals surface area contributed by atoms with Crippen LogP contribution in [-0.4, -0.2) is 34.7 Å². The molecule has 7 heteroatoms. The topological polar surface area (TPSA) is 45.5 Å². The normalized spacial score (nSPS) is 11.8. The van der Waals surface area contributed by atoms with Crippen LogP contribution in [-0.2, 0) is 20.1 Å². The first kappa shape index (κ1) is 16.8. The monoisotopic (exact) mass is 339 g/mol. The molecule has 0 amide bonds. The summed E-state index contributed by atoms with van der Waals surface area (Å²) < 4.78 is 2.72. The van der Waals surface area contributed by atoms with E-state index >= 15 is 0 Å². The first-order valence-corrected chi connectivity index (χ1v) is 8.27. The Balaban J connectivity index is 2.00. The average Bonchev–Trinajstić information content (AvgIpc) is 2.97. The minimum absolute atomic E-state index is 0.716. The Labute approximate surface area is 140 Å². The van der Waals surface area contributed by atoms with Crippen LogP contribution in [0.5, 0.6) is 0 Å². The molecular formula is C15H22ClN5S. The summed E-state index contributed by atoms with van der Waals surface area (Å²) in [7, 11) is 5.78. The summed E-state index contributed by atoms with van der Waals surface area (Å²) >= 11 is 7.57. The van der Waals surface area contributed by atoms with Gasteiger partial charge < -0.3 is 10.2 Å². The molecule has 0 unspecified atom stereocenters. The second-order valence-corrected chi connectivity index (χ2v) is 7.04. The SMILES string of the molecule is CN=C(NCc1c(C)nn(C)c1C)N(C)Cc1ccc(Cl)s1. The molecule has 2 aromatic heterocycles. The fraction of sp³-hybridized carbons (Fsp3) is 0.467. The first-order valence-electron chi connectivity index (χ1n) is 7.07. The van der Waals surface area contributed by atoms with Crippen LogP contribution in [0.2, 0.25) is 4.34 Å². The van der Waals surface area contributed by atoms with Crippen molar-refractivity contribution in [3.05, 3.63) is 38.3 Å². The van der Waals surface area contributed by atoms with Crippen LogP contribution in [0.1, 0.15) is 21.8 Å². The number of guanidine groups is 1. The van der Waals surface area contributed by atoms with E-state index in [1.165, 1.54) is 16.1 Å². The predicted octanol–water partition coefficient (Wildman–Crippen LogP) is 2.96. The Morgan fingerprint density at radius 3 is 2.68 bits per heavy atom. The Hall–Kier alpha value is -1.53. The van der Waals surface area contributed by atoms with Gasteiger partial charge in [0.25, 0.3) is 0 Å². The van der Waals surface area contributed by atoms with Crippen molar-refractivity contribution in [2.24, 2.45) is 12.0 Å². The maximum Gasteiger partial charge on any atom is 0.193 e. The van der Waals surface area contributed by atoms with Crippen LogP contribution in [0.3, 0.4) is 0 Å². The quantitative estimate of drug-likeness (QED) is 0.688. The van der Waals surface area contributed by atoms with Gasteiger partial charge in [-0.2, -0.15) is 5.10 Å². The molecule has 2 rings (SSSR count). The van der Waals surface area contributed by atoms with Crippen LogP contribution < -0.4 is 5.32 Å². The Bertz CT molecular complexity index is 674. The van der Waals surface area contributed by atoms with E-state index in [1.807, 2.05) is 37.8 Å². The number of aryl methyl sites for hydroxylation is 2. The molecule has 0 radical (unpaired) electrons. The van der Waals surface area contributed by atoms with Gasteiger partial charge in [0.15, 0.2) is 5.96 Å². The van der Waals surface area contributed by atoms with Gasteiger partial charge in [-0.15, -0.1) is 11.3 Å². The lowest BCUT2D eigenvalue weighted by molar-refractivity contribution is 0.481. The highest BCUT2D eigenvalue weighted by atomic mass is 35.5. The van der Waals surface area contributed by atoms with Gasteiger partial charge in [0.2, 0.25) is 0 Å². The van der Waals surface area contributed by atoms with Crippen LogP contribution in [0.15, 0.2) is 17.1 Å². The van der Waals surface area contributed by atoms with Crippen LogP contribution in [0.25, 0.3) is 0 Å². The van der Waals surface area contributed by atoms with E-state index in [9.17, 15) is 0 Å². The fourth-order valence-corrected chi connectivity index (χ4v) is 3.51. The van der Waals surface area contributed by atoms with E-state index in [0.29, 0.717) is 6.54 Å². The first-order chi connectivity index (χ1) is 10.4.